The highest BCUT2D eigenvalue weighted by Gasteiger charge is 2.14. The van der Waals surface area contributed by atoms with Gasteiger partial charge in [0.25, 0.3) is 0 Å². The highest BCUT2D eigenvalue weighted by molar-refractivity contribution is 7.30. The van der Waals surface area contributed by atoms with Crippen LogP contribution >= 0.6 is 8.25 Å². The van der Waals surface area contributed by atoms with Crippen LogP contribution in [0.2, 0.25) is 0 Å². The monoisotopic (exact) mass is 366 g/mol. The minimum absolute atomic E-state index is 0.650. The van der Waals surface area contributed by atoms with E-state index in [1.54, 1.807) is 0 Å². The standard InChI is InChI=1S/C18H23NO2.HO3P/c1-19(2)13-8-14-21-17-12-7-6-11-16(17)18(20)15-9-4-3-5-10-15;1-4(2)3/h3-7,9-12,18,20H,8,13-14H2,1-2H3;(H-,1,2,3)/p+1. The Morgan fingerprint density at radius 2 is 1.60 bits per heavy atom. The van der Waals surface area contributed by atoms with E-state index in [2.05, 4.69) is 4.90 Å². The molecule has 136 valence electrons. The molecule has 0 radical (unpaired) electrons. The maximum absolute atomic E-state index is 10.5. The molecule has 3 N–H and O–H groups in total. The maximum Gasteiger partial charge on any atom is 0.692 e. The summed E-state index contributed by atoms with van der Waals surface area (Å²) in [5.41, 5.74) is 1.69. The average Bonchev–Trinajstić information content (AvgIpc) is 2.58. The number of aliphatic hydroxyl groups excluding tert-OH is 1. The van der Waals surface area contributed by atoms with Crippen molar-refractivity contribution in [3.8, 4) is 5.75 Å². The second kappa shape index (κ2) is 11.7. The van der Waals surface area contributed by atoms with Gasteiger partial charge in [0.15, 0.2) is 0 Å². The van der Waals surface area contributed by atoms with Gasteiger partial charge in [-0.15, -0.1) is 9.79 Å². The number of nitrogens with zero attached hydrogens (tertiary/aromatic N) is 1. The highest BCUT2D eigenvalue weighted by atomic mass is 31.1. The minimum Gasteiger partial charge on any atom is -0.493 e. The summed E-state index contributed by atoms with van der Waals surface area (Å²) in [6.07, 6.45) is 0.305. The smallest absolute Gasteiger partial charge is 0.493 e. The highest BCUT2D eigenvalue weighted by Crippen LogP contribution is 2.29. The molecule has 0 aliphatic rings. The SMILES string of the molecule is CN(C)CCCOc1ccccc1C(O)c1ccccc1.O=[P+](O)O. The summed E-state index contributed by atoms with van der Waals surface area (Å²) in [6.45, 7) is 1.64. The van der Waals surface area contributed by atoms with Gasteiger partial charge >= 0.3 is 8.25 Å². The van der Waals surface area contributed by atoms with Crippen molar-refractivity contribution < 1.29 is 24.2 Å². The minimum atomic E-state index is -2.87. The Balaban J connectivity index is 0.000000705. The van der Waals surface area contributed by atoms with Gasteiger partial charge in [0, 0.05) is 16.7 Å². The fourth-order valence-corrected chi connectivity index (χ4v) is 2.22. The van der Waals surface area contributed by atoms with Crippen molar-refractivity contribution in [1.29, 1.82) is 0 Å². The van der Waals surface area contributed by atoms with Gasteiger partial charge in [-0.05, 0) is 32.1 Å². The molecular weight excluding hydrogens is 341 g/mol. The van der Waals surface area contributed by atoms with Gasteiger partial charge in [0.2, 0.25) is 0 Å². The Labute approximate surface area is 149 Å². The largest absolute Gasteiger partial charge is 0.692 e. The molecule has 0 amide bonds. The van der Waals surface area contributed by atoms with E-state index in [1.807, 2.05) is 68.7 Å². The van der Waals surface area contributed by atoms with Crippen LogP contribution < -0.4 is 4.74 Å². The zero-order valence-electron chi connectivity index (χ0n) is 14.4. The van der Waals surface area contributed by atoms with Crippen LogP contribution in [0.15, 0.2) is 54.6 Å². The Morgan fingerprint density at radius 3 is 2.20 bits per heavy atom. The van der Waals surface area contributed by atoms with Gasteiger partial charge in [-0.2, -0.15) is 0 Å². The summed E-state index contributed by atoms with van der Waals surface area (Å²) in [4.78, 5) is 16.4. The molecule has 2 aromatic carbocycles. The fourth-order valence-electron chi connectivity index (χ4n) is 2.22. The number of benzene rings is 2. The zero-order chi connectivity index (χ0) is 18.7. The van der Waals surface area contributed by atoms with Crippen LogP contribution in [0.3, 0.4) is 0 Å². The molecule has 1 unspecified atom stereocenters. The Bertz CT molecular complexity index is 632. The van der Waals surface area contributed by atoms with E-state index in [0.29, 0.717) is 6.61 Å². The summed E-state index contributed by atoms with van der Waals surface area (Å²) in [6, 6.07) is 17.3. The molecule has 0 aliphatic heterocycles. The number of ether oxygens (including phenoxy) is 1. The fraction of sp³-hybridized carbons (Fsp3) is 0.333. The van der Waals surface area contributed by atoms with Crippen molar-refractivity contribution >= 4 is 8.25 Å². The first kappa shape index (κ1) is 21.2. The average molecular weight is 366 g/mol. The summed E-state index contributed by atoms with van der Waals surface area (Å²) >= 11 is 0. The van der Waals surface area contributed by atoms with Crippen LogP contribution in [0.5, 0.6) is 5.75 Å². The molecule has 1 atom stereocenters. The van der Waals surface area contributed by atoms with Crippen LogP contribution in [0.25, 0.3) is 0 Å². The second-order valence-corrected chi connectivity index (χ2v) is 6.11. The molecule has 6 nitrogen and oxygen atoms in total. The van der Waals surface area contributed by atoms with E-state index in [9.17, 15) is 5.11 Å². The van der Waals surface area contributed by atoms with E-state index in [4.69, 9.17) is 19.1 Å². The van der Waals surface area contributed by atoms with Gasteiger partial charge in [-0.25, -0.2) is 0 Å². The van der Waals surface area contributed by atoms with Crippen LogP contribution in [-0.4, -0.2) is 47.0 Å². The second-order valence-electron chi connectivity index (χ2n) is 5.61. The van der Waals surface area contributed by atoms with Crippen molar-refractivity contribution in [2.24, 2.45) is 0 Å². The van der Waals surface area contributed by atoms with Crippen molar-refractivity contribution in [2.75, 3.05) is 27.2 Å². The third-order valence-corrected chi connectivity index (χ3v) is 3.34. The summed E-state index contributed by atoms with van der Waals surface area (Å²) in [5, 5.41) is 10.5. The number of hydrogen-bond donors (Lipinski definition) is 3. The molecule has 2 aromatic rings. The molecule has 25 heavy (non-hydrogen) atoms. The van der Waals surface area contributed by atoms with Gasteiger partial charge in [0.05, 0.1) is 6.61 Å². The van der Waals surface area contributed by atoms with E-state index in [0.717, 1.165) is 29.8 Å². The molecule has 0 bridgehead atoms. The lowest BCUT2D eigenvalue weighted by molar-refractivity contribution is 0.208. The molecule has 0 saturated heterocycles. The van der Waals surface area contributed by atoms with Gasteiger partial charge in [-0.1, -0.05) is 48.5 Å². The van der Waals surface area contributed by atoms with Gasteiger partial charge < -0.3 is 14.7 Å². The molecule has 0 saturated carbocycles. The third-order valence-electron chi connectivity index (χ3n) is 3.34. The molecule has 0 aromatic heterocycles. The maximum atomic E-state index is 10.5. The van der Waals surface area contributed by atoms with Crippen LogP contribution in [0, 0.1) is 0 Å². The first-order chi connectivity index (χ1) is 11.9. The van der Waals surface area contributed by atoms with Crippen LogP contribution in [0.1, 0.15) is 23.7 Å². The van der Waals surface area contributed by atoms with E-state index >= 15 is 0 Å². The number of para-hydroxylation sites is 1. The first-order valence-corrected chi connectivity index (χ1v) is 9.02. The van der Waals surface area contributed by atoms with Gasteiger partial charge in [-0.3, -0.25) is 0 Å². The number of aliphatic hydroxyl groups is 1. The number of hydrogen-bond acceptors (Lipinski definition) is 4. The van der Waals surface area contributed by atoms with Crippen molar-refractivity contribution in [1.82, 2.24) is 4.90 Å². The Hall–Kier alpha value is -1.82. The Kier molecular flexibility index (Phi) is 9.92. The molecule has 0 spiro atoms. The van der Waals surface area contributed by atoms with Crippen molar-refractivity contribution in [3.05, 3.63) is 65.7 Å². The normalized spacial score (nSPS) is 11.4. The van der Waals surface area contributed by atoms with Crippen LogP contribution in [-0.2, 0) is 4.57 Å². The predicted molar refractivity (Wildman–Crippen MR) is 97.7 cm³/mol. The summed E-state index contributed by atoms with van der Waals surface area (Å²) in [5.74, 6) is 0.757. The molecule has 0 heterocycles. The molecule has 0 fully saturated rings. The predicted octanol–water partition coefficient (Wildman–Crippen LogP) is 2.73. The molecule has 2 rings (SSSR count). The summed E-state index contributed by atoms with van der Waals surface area (Å²) < 4.78 is 14.5. The Morgan fingerprint density at radius 1 is 1.04 bits per heavy atom. The summed E-state index contributed by atoms with van der Waals surface area (Å²) in [7, 11) is 1.23. The number of rotatable bonds is 7. The first-order valence-electron chi connectivity index (χ1n) is 7.86. The lowest BCUT2D eigenvalue weighted by Gasteiger charge is -2.17. The van der Waals surface area contributed by atoms with Crippen molar-refractivity contribution in [2.45, 2.75) is 12.5 Å². The van der Waals surface area contributed by atoms with E-state index in [1.165, 1.54) is 0 Å². The lowest BCUT2D eigenvalue weighted by Crippen LogP contribution is -2.16. The lowest BCUT2D eigenvalue weighted by atomic mass is 10.0. The molecule has 7 heteroatoms. The van der Waals surface area contributed by atoms with Gasteiger partial charge in [0.1, 0.15) is 11.9 Å². The molecule has 0 aliphatic carbocycles. The quantitative estimate of drug-likeness (QED) is 0.516. The topological polar surface area (TPSA) is 90.2 Å². The zero-order valence-corrected chi connectivity index (χ0v) is 15.3. The molecular formula is C18H25NO5P+. The van der Waals surface area contributed by atoms with E-state index in [-0.39, 0.29) is 0 Å². The van der Waals surface area contributed by atoms with Crippen molar-refractivity contribution in [3.63, 3.8) is 0 Å². The third kappa shape index (κ3) is 8.72. The van der Waals surface area contributed by atoms with E-state index < -0.39 is 14.4 Å². The van der Waals surface area contributed by atoms with Crippen LogP contribution in [0.4, 0.5) is 0 Å².